The van der Waals surface area contributed by atoms with Gasteiger partial charge in [-0.25, -0.2) is 9.37 Å². The predicted molar refractivity (Wildman–Crippen MR) is 95.0 cm³/mol. The average molecular weight is 359 g/mol. The van der Waals surface area contributed by atoms with E-state index in [1.807, 2.05) is 12.1 Å². The summed E-state index contributed by atoms with van der Waals surface area (Å²) in [6, 6.07) is 15.0. The number of hydrogen-bond donors (Lipinski definition) is 1. The molecular formula is C19H16ClFN2O2. The van der Waals surface area contributed by atoms with Crippen LogP contribution >= 0.6 is 11.6 Å². The van der Waals surface area contributed by atoms with Crippen LogP contribution in [0.3, 0.4) is 0 Å². The summed E-state index contributed by atoms with van der Waals surface area (Å²) in [6.07, 6.45) is 0. The van der Waals surface area contributed by atoms with Gasteiger partial charge in [0.15, 0.2) is 0 Å². The van der Waals surface area contributed by atoms with Gasteiger partial charge in [0.2, 0.25) is 0 Å². The number of rotatable bonds is 5. The van der Waals surface area contributed by atoms with E-state index in [9.17, 15) is 14.3 Å². The molecule has 3 aromatic rings. The fourth-order valence-electron chi connectivity index (χ4n) is 2.60. The summed E-state index contributed by atoms with van der Waals surface area (Å²) in [4.78, 5) is 18.4. The molecule has 128 valence electrons. The second kappa shape index (κ2) is 7.59. The predicted octanol–water partition coefficient (Wildman–Crippen LogP) is 3.66. The minimum Gasteiger partial charge on any atom is -0.395 e. The Kier molecular flexibility index (Phi) is 5.26. The average Bonchev–Trinajstić information content (AvgIpc) is 2.62. The van der Waals surface area contributed by atoms with E-state index in [-0.39, 0.29) is 36.8 Å². The lowest BCUT2D eigenvalue weighted by Gasteiger charge is -2.22. The van der Waals surface area contributed by atoms with Gasteiger partial charge in [-0.05, 0) is 23.8 Å². The number of benzene rings is 2. The standard InChI is InChI=1S/C19H16ClFN2O2/c20-15-6-2-1-4-14(15)12-23(10-11-24)19(25)17-9-8-13-5-3-7-16(21)18(13)22-17/h1-9,24H,10-12H2. The lowest BCUT2D eigenvalue weighted by atomic mass is 10.1. The van der Waals surface area contributed by atoms with E-state index in [1.165, 1.54) is 11.0 Å². The van der Waals surface area contributed by atoms with Crippen LogP contribution in [-0.2, 0) is 6.54 Å². The number of hydrogen-bond acceptors (Lipinski definition) is 3. The number of pyridine rings is 1. The van der Waals surface area contributed by atoms with Crippen LogP contribution in [0, 0.1) is 5.82 Å². The summed E-state index contributed by atoms with van der Waals surface area (Å²) in [7, 11) is 0. The molecule has 0 aliphatic rings. The summed E-state index contributed by atoms with van der Waals surface area (Å²) in [6.45, 7) is 0.162. The van der Waals surface area contributed by atoms with E-state index in [0.717, 1.165) is 5.56 Å². The van der Waals surface area contributed by atoms with Crippen LogP contribution in [0.15, 0.2) is 54.6 Å². The molecule has 6 heteroatoms. The molecule has 0 saturated heterocycles. The van der Waals surface area contributed by atoms with Crippen molar-refractivity contribution in [3.63, 3.8) is 0 Å². The Labute approximate surface area is 149 Å². The zero-order valence-electron chi connectivity index (χ0n) is 13.3. The highest BCUT2D eigenvalue weighted by Crippen LogP contribution is 2.20. The number of fused-ring (bicyclic) bond motifs is 1. The van der Waals surface area contributed by atoms with Gasteiger partial charge in [0, 0.05) is 23.5 Å². The zero-order chi connectivity index (χ0) is 17.8. The van der Waals surface area contributed by atoms with Gasteiger partial charge in [-0.2, -0.15) is 0 Å². The van der Waals surface area contributed by atoms with Crippen molar-refractivity contribution in [2.75, 3.05) is 13.2 Å². The third-order valence-electron chi connectivity index (χ3n) is 3.87. The summed E-state index contributed by atoms with van der Waals surface area (Å²) in [5.74, 6) is -0.869. The van der Waals surface area contributed by atoms with E-state index in [1.54, 1.807) is 36.4 Å². The topological polar surface area (TPSA) is 53.4 Å². The molecule has 4 nitrogen and oxygen atoms in total. The zero-order valence-corrected chi connectivity index (χ0v) is 14.1. The van der Waals surface area contributed by atoms with Gasteiger partial charge in [-0.15, -0.1) is 0 Å². The van der Waals surface area contributed by atoms with Crippen LogP contribution in [0.4, 0.5) is 4.39 Å². The molecule has 0 radical (unpaired) electrons. The van der Waals surface area contributed by atoms with Crippen LogP contribution in [0.2, 0.25) is 5.02 Å². The van der Waals surface area contributed by atoms with Gasteiger partial charge < -0.3 is 10.0 Å². The van der Waals surface area contributed by atoms with Crippen LogP contribution in [0.5, 0.6) is 0 Å². The number of amides is 1. The monoisotopic (exact) mass is 358 g/mol. The number of aliphatic hydroxyl groups is 1. The third kappa shape index (κ3) is 3.78. The van der Waals surface area contributed by atoms with Crippen LogP contribution in [0.1, 0.15) is 16.1 Å². The lowest BCUT2D eigenvalue weighted by molar-refractivity contribution is 0.0702. The Morgan fingerprint density at radius 3 is 2.68 bits per heavy atom. The van der Waals surface area contributed by atoms with Crippen molar-refractivity contribution >= 4 is 28.4 Å². The Morgan fingerprint density at radius 1 is 1.12 bits per heavy atom. The highest BCUT2D eigenvalue weighted by Gasteiger charge is 2.19. The summed E-state index contributed by atoms with van der Waals surface area (Å²) in [5, 5.41) is 10.4. The highest BCUT2D eigenvalue weighted by molar-refractivity contribution is 6.31. The first-order valence-electron chi connectivity index (χ1n) is 7.79. The maximum Gasteiger partial charge on any atom is 0.272 e. The number of carbonyl (C=O) groups is 1. The first-order valence-corrected chi connectivity index (χ1v) is 8.17. The highest BCUT2D eigenvalue weighted by atomic mass is 35.5. The fraction of sp³-hybridized carbons (Fsp3) is 0.158. The largest absolute Gasteiger partial charge is 0.395 e. The van der Waals surface area contributed by atoms with Crippen molar-refractivity contribution in [3.8, 4) is 0 Å². The van der Waals surface area contributed by atoms with E-state index in [2.05, 4.69) is 4.98 Å². The molecule has 1 N–H and O–H groups in total. The quantitative estimate of drug-likeness (QED) is 0.757. The van der Waals surface area contributed by atoms with Crippen molar-refractivity contribution in [2.24, 2.45) is 0 Å². The Morgan fingerprint density at radius 2 is 1.92 bits per heavy atom. The molecule has 1 aromatic heterocycles. The summed E-state index contributed by atoms with van der Waals surface area (Å²) in [5.41, 5.74) is 1.03. The minimum atomic E-state index is -0.480. The van der Waals surface area contributed by atoms with Gasteiger partial charge in [0.1, 0.15) is 17.0 Å². The fourth-order valence-corrected chi connectivity index (χ4v) is 2.79. The number of nitrogens with zero attached hydrogens (tertiary/aromatic N) is 2. The lowest BCUT2D eigenvalue weighted by Crippen LogP contribution is -2.33. The maximum atomic E-state index is 13.9. The molecule has 0 aliphatic carbocycles. The molecule has 0 aliphatic heterocycles. The Hall–Kier alpha value is -2.50. The van der Waals surface area contributed by atoms with Crippen molar-refractivity contribution in [2.45, 2.75) is 6.54 Å². The molecule has 3 rings (SSSR count). The molecule has 1 amide bonds. The van der Waals surface area contributed by atoms with Crippen LogP contribution < -0.4 is 0 Å². The Balaban J connectivity index is 1.92. The molecular weight excluding hydrogens is 343 g/mol. The summed E-state index contributed by atoms with van der Waals surface area (Å²) >= 11 is 6.15. The first kappa shape index (κ1) is 17.3. The van der Waals surface area contributed by atoms with E-state index >= 15 is 0 Å². The molecule has 2 aromatic carbocycles. The number of para-hydroxylation sites is 1. The maximum absolute atomic E-state index is 13.9. The second-order valence-electron chi connectivity index (χ2n) is 5.55. The SMILES string of the molecule is O=C(c1ccc2cccc(F)c2n1)N(CCO)Cc1ccccc1Cl. The second-order valence-corrected chi connectivity index (χ2v) is 5.96. The minimum absolute atomic E-state index is 0.123. The van der Waals surface area contributed by atoms with Crippen LogP contribution in [-0.4, -0.2) is 34.0 Å². The van der Waals surface area contributed by atoms with Gasteiger partial charge >= 0.3 is 0 Å². The van der Waals surface area contributed by atoms with Crippen molar-refractivity contribution < 1.29 is 14.3 Å². The van der Waals surface area contributed by atoms with E-state index in [0.29, 0.717) is 10.4 Å². The van der Waals surface area contributed by atoms with Gasteiger partial charge in [0.05, 0.1) is 6.61 Å². The van der Waals surface area contributed by atoms with Crippen molar-refractivity contribution in [1.82, 2.24) is 9.88 Å². The van der Waals surface area contributed by atoms with Gasteiger partial charge in [-0.1, -0.05) is 48.0 Å². The number of aliphatic hydroxyl groups excluding tert-OH is 1. The smallest absolute Gasteiger partial charge is 0.272 e. The molecule has 25 heavy (non-hydrogen) atoms. The molecule has 1 heterocycles. The normalized spacial score (nSPS) is 10.8. The van der Waals surface area contributed by atoms with Gasteiger partial charge in [-0.3, -0.25) is 4.79 Å². The third-order valence-corrected chi connectivity index (χ3v) is 4.24. The Bertz CT molecular complexity index is 917. The van der Waals surface area contributed by atoms with Crippen LogP contribution in [0.25, 0.3) is 10.9 Å². The summed E-state index contributed by atoms with van der Waals surface area (Å²) < 4.78 is 13.9. The molecule has 0 fully saturated rings. The molecule has 0 spiro atoms. The first-order chi connectivity index (χ1) is 12.1. The number of carbonyl (C=O) groups excluding carboxylic acids is 1. The van der Waals surface area contributed by atoms with Crippen molar-refractivity contribution in [3.05, 3.63) is 76.7 Å². The van der Waals surface area contributed by atoms with E-state index in [4.69, 9.17) is 11.6 Å². The van der Waals surface area contributed by atoms with Crippen molar-refractivity contribution in [1.29, 1.82) is 0 Å². The van der Waals surface area contributed by atoms with Gasteiger partial charge in [0.25, 0.3) is 5.91 Å². The molecule has 0 bridgehead atoms. The number of halogens is 2. The molecule has 0 atom stereocenters. The molecule has 0 saturated carbocycles. The molecule has 0 unspecified atom stereocenters. The number of aromatic nitrogens is 1. The van der Waals surface area contributed by atoms with E-state index < -0.39 is 5.82 Å².